The van der Waals surface area contributed by atoms with Gasteiger partial charge in [-0.05, 0) is 92.4 Å². The molecule has 0 aromatic carbocycles. The molecular weight excluding hydrogens is 270 g/mol. The summed E-state index contributed by atoms with van der Waals surface area (Å²) in [7, 11) is 2.45. The number of piperidine rings is 1. The largest absolute Gasteiger partial charge is 0.301 e. The average Bonchev–Trinajstić information content (AvgIpc) is 3.15. The van der Waals surface area contributed by atoms with Crippen LogP contribution in [0.25, 0.3) is 0 Å². The van der Waals surface area contributed by atoms with E-state index in [0.717, 1.165) is 24.0 Å². The Morgan fingerprint density at radius 2 is 1.41 bits per heavy atom. The van der Waals surface area contributed by atoms with Gasteiger partial charge in [0.05, 0.1) is 0 Å². The van der Waals surface area contributed by atoms with Gasteiger partial charge in [0.1, 0.15) is 0 Å². The molecule has 128 valence electrons. The molecule has 2 aliphatic heterocycles. The van der Waals surface area contributed by atoms with Crippen LogP contribution in [-0.4, -0.2) is 71.6 Å². The topological polar surface area (TPSA) is 9.72 Å². The number of rotatable bonds is 5. The van der Waals surface area contributed by atoms with E-state index in [9.17, 15) is 0 Å². The van der Waals surface area contributed by atoms with Crippen molar-refractivity contribution in [3.8, 4) is 0 Å². The zero-order valence-electron chi connectivity index (χ0n) is 15.5. The van der Waals surface area contributed by atoms with E-state index in [0.29, 0.717) is 5.54 Å². The molecule has 3 aliphatic rings. The van der Waals surface area contributed by atoms with Gasteiger partial charge in [-0.15, -0.1) is 0 Å². The molecule has 0 aromatic rings. The van der Waals surface area contributed by atoms with Gasteiger partial charge in [0.15, 0.2) is 0 Å². The Morgan fingerprint density at radius 3 is 1.86 bits per heavy atom. The van der Waals surface area contributed by atoms with Crippen LogP contribution in [0, 0.1) is 5.92 Å². The maximum atomic E-state index is 2.83. The summed E-state index contributed by atoms with van der Waals surface area (Å²) in [6.07, 6.45) is 7.07. The standard InChI is InChI=1S/C19H37N3/c1-15(2)21-12-7-18(8-13-21)20(5)19(9-10-19)17-6-11-22(14-17)16(3)4/h15-18H,6-14H2,1-5H3. The first-order valence-corrected chi connectivity index (χ1v) is 9.65. The lowest BCUT2D eigenvalue weighted by Gasteiger charge is -2.44. The first kappa shape index (κ1) is 16.7. The molecule has 2 saturated heterocycles. The SMILES string of the molecule is CC(C)N1CCC(N(C)C2(C3CCN(C(C)C)C3)CC2)CC1. The van der Waals surface area contributed by atoms with Gasteiger partial charge in [0, 0.05) is 30.2 Å². The first-order chi connectivity index (χ1) is 10.4. The summed E-state index contributed by atoms with van der Waals surface area (Å²) >= 11 is 0. The zero-order chi connectivity index (χ0) is 15.9. The summed E-state index contributed by atoms with van der Waals surface area (Å²) in [5, 5.41) is 0. The molecule has 1 aliphatic carbocycles. The van der Waals surface area contributed by atoms with Crippen LogP contribution in [-0.2, 0) is 0 Å². The normalized spacial score (nSPS) is 30.8. The molecule has 0 N–H and O–H groups in total. The van der Waals surface area contributed by atoms with Crippen LogP contribution in [0.1, 0.15) is 59.8 Å². The van der Waals surface area contributed by atoms with Crippen molar-refractivity contribution in [3.63, 3.8) is 0 Å². The first-order valence-electron chi connectivity index (χ1n) is 9.65. The van der Waals surface area contributed by atoms with Gasteiger partial charge >= 0.3 is 0 Å². The number of likely N-dealkylation sites (tertiary alicyclic amines) is 2. The van der Waals surface area contributed by atoms with E-state index in [1.807, 2.05) is 0 Å². The summed E-state index contributed by atoms with van der Waals surface area (Å²) in [4.78, 5) is 8.18. The Bertz CT molecular complexity index is 367. The van der Waals surface area contributed by atoms with Gasteiger partial charge in [-0.25, -0.2) is 0 Å². The van der Waals surface area contributed by atoms with Crippen LogP contribution in [0.2, 0.25) is 0 Å². The number of nitrogens with zero attached hydrogens (tertiary/aromatic N) is 3. The van der Waals surface area contributed by atoms with Crippen molar-refractivity contribution in [2.45, 2.75) is 83.5 Å². The smallest absolute Gasteiger partial charge is 0.0251 e. The van der Waals surface area contributed by atoms with E-state index < -0.39 is 0 Å². The van der Waals surface area contributed by atoms with Crippen LogP contribution < -0.4 is 0 Å². The average molecular weight is 308 g/mol. The Kier molecular flexibility index (Phi) is 4.87. The van der Waals surface area contributed by atoms with Crippen molar-refractivity contribution in [1.82, 2.24) is 14.7 Å². The molecule has 0 amide bonds. The highest BCUT2D eigenvalue weighted by atomic mass is 15.3. The highest BCUT2D eigenvalue weighted by Gasteiger charge is 2.55. The van der Waals surface area contributed by atoms with Crippen LogP contribution in [0.15, 0.2) is 0 Å². The maximum absolute atomic E-state index is 2.83. The van der Waals surface area contributed by atoms with Crippen molar-refractivity contribution in [2.24, 2.45) is 5.92 Å². The molecule has 3 nitrogen and oxygen atoms in total. The Balaban J connectivity index is 1.57. The molecule has 0 aromatic heterocycles. The number of hydrogen-bond acceptors (Lipinski definition) is 3. The molecule has 3 heteroatoms. The van der Waals surface area contributed by atoms with E-state index >= 15 is 0 Å². The quantitative estimate of drug-likeness (QED) is 0.773. The summed E-state index contributed by atoms with van der Waals surface area (Å²) in [5.41, 5.74) is 0.564. The molecule has 2 heterocycles. The summed E-state index contributed by atoms with van der Waals surface area (Å²) in [5.74, 6) is 0.919. The van der Waals surface area contributed by atoms with Crippen LogP contribution in [0.4, 0.5) is 0 Å². The molecule has 22 heavy (non-hydrogen) atoms. The van der Waals surface area contributed by atoms with Gasteiger partial charge in [-0.2, -0.15) is 0 Å². The highest BCUT2D eigenvalue weighted by molar-refractivity contribution is 5.11. The van der Waals surface area contributed by atoms with E-state index in [4.69, 9.17) is 0 Å². The summed E-state index contributed by atoms with van der Waals surface area (Å²) in [6.45, 7) is 14.6. The van der Waals surface area contributed by atoms with Gasteiger partial charge in [-0.1, -0.05) is 0 Å². The van der Waals surface area contributed by atoms with Gasteiger partial charge in [0.25, 0.3) is 0 Å². The fraction of sp³-hybridized carbons (Fsp3) is 1.00. The Hall–Kier alpha value is -0.120. The monoisotopic (exact) mass is 307 g/mol. The van der Waals surface area contributed by atoms with E-state index in [1.54, 1.807) is 0 Å². The van der Waals surface area contributed by atoms with E-state index in [1.165, 1.54) is 58.3 Å². The Labute approximate surface area is 138 Å². The molecule has 3 fully saturated rings. The van der Waals surface area contributed by atoms with E-state index in [-0.39, 0.29) is 0 Å². The van der Waals surface area contributed by atoms with Crippen LogP contribution >= 0.6 is 0 Å². The van der Waals surface area contributed by atoms with Crippen molar-refractivity contribution in [3.05, 3.63) is 0 Å². The molecule has 1 unspecified atom stereocenters. The highest BCUT2D eigenvalue weighted by Crippen LogP contribution is 2.52. The fourth-order valence-electron chi connectivity index (χ4n) is 5.03. The lowest BCUT2D eigenvalue weighted by atomic mass is 9.91. The second kappa shape index (κ2) is 6.41. The third-order valence-electron chi connectivity index (χ3n) is 6.95. The molecule has 0 spiro atoms. The van der Waals surface area contributed by atoms with E-state index in [2.05, 4.69) is 49.4 Å². The molecule has 1 saturated carbocycles. The molecular formula is C19H37N3. The minimum Gasteiger partial charge on any atom is -0.301 e. The van der Waals surface area contributed by atoms with Gasteiger partial charge < -0.3 is 9.80 Å². The van der Waals surface area contributed by atoms with Crippen LogP contribution in [0.5, 0.6) is 0 Å². The van der Waals surface area contributed by atoms with Crippen molar-refractivity contribution in [1.29, 1.82) is 0 Å². The second-order valence-corrected chi connectivity index (χ2v) is 8.65. The van der Waals surface area contributed by atoms with Crippen molar-refractivity contribution < 1.29 is 0 Å². The maximum Gasteiger partial charge on any atom is 0.0251 e. The molecule has 3 rings (SSSR count). The van der Waals surface area contributed by atoms with Crippen LogP contribution in [0.3, 0.4) is 0 Å². The lowest BCUT2D eigenvalue weighted by Crippen LogP contribution is -2.52. The molecule has 0 bridgehead atoms. The Morgan fingerprint density at radius 1 is 0.864 bits per heavy atom. The predicted molar refractivity (Wildman–Crippen MR) is 94.3 cm³/mol. The number of hydrogen-bond donors (Lipinski definition) is 0. The van der Waals surface area contributed by atoms with Gasteiger partial charge in [-0.3, -0.25) is 4.90 Å². The lowest BCUT2D eigenvalue weighted by molar-refractivity contribution is 0.0493. The van der Waals surface area contributed by atoms with Gasteiger partial charge in [0.2, 0.25) is 0 Å². The molecule has 1 atom stereocenters. The third kappa shape index (κ3) is 3.09. The summed E-state index contributed by atoms with van der Waals surface area (Å²) < 4.78 is 0. The minimum absolute atomic E-state index is 0.564. The second-order valence-electron chi connectivity index (χ2n) is 8.65. The summed E-state index contributed by atoms with van der Waals surface area (Å²) in [6, 6.07) is 2.27. The zero-order valence-corrected chi connectivity index (χ0v) is 15.5. The predicted octanol–water partition coefficient (Wildman–Crippen LogP) is 3.05. The minimum atomic E-state index is 0.564. The third-order valence-corrected chi connectivity index (χ3v) is 6.95. The fourth-order valence-corrected chi connectivity index (χ4v) is 5.03. The van der Waals surface area contributed by atoms with Crippen molar-refractivity contribution >= 4 is 0 Å². The van der Waals surface area contributed by atoms with Crippen molar-refractivity contribution in [2.75, 3.05) is 33.2 Å². The molecule has 0 radical (unpaired) electrons.